The molecule has 5 nitrogen and oxygen atoms in total. The van der Waals surface area contributed by atoms with E-state index in [-0.39, 0.29) is 23.2 Å². The van der Waals surface area contributed by atoms with Crippen molar-refractivity contribution in [2.75, 3.05) is 6.61 Å². The van der Waals surface area contributed by atoms with E-state index in [0.717, 1.165) is 0 Å². The van der Waals surface area contributed by atoms with Crippen molar-refractivity contribution < 1.29 is 23.8 Å². The monoisotopic (exact) mass is 315 g/mol. The summed E-state index contributed by atoms with van der Waals surface area (Å²) in [6.45, 7) is 3.10. The highest BCUT2D eigenvalue weighted by molar-refractivity contribution is 6.31. The Labute approximate surface area is 126 Å². The van der Waals surface area contributed by atoms with Gasteiger partial charge in [0.2, 0.25) is 5.91 Å². The van der Waals surface area contributed by atoms with Gasteiger partial charge in [0.25, 0.3) is 0 Å². The first kappa shape index (κ1) is 15.7. The predicted octanol–water partition coefficient (Wildman–Crippen LogP) is 2.24. The van der Waals surface area contributed by atoms with Gasteiger partial charge in [0, 0.05) is 16.6 Å². The number of amides is 1. The molecule has 2 unspecified atom stereocenters. The number of rotatable bonds is 3. The second kappa shape index (κ2) is 5.99. The quantitative estimate of drug-likeness (QED) is 0.929. The fourth-order valence-electron chi connectivity index (χ4n) is 2.53. The van der Waals surface area contributed by atoms with Crippen molar-refractivity contribution in [3.05, 3.63) is 34.6 Å². The number of benzene rings is 1. The van der Waals surface area contributed by atoms with Crippen LogP contribution in [0.5, 0.6) is 0 Å². The number of aliphatic carboxylic acids is 1. The average Bonchev–Trinajstić information content (AvgIpc) is 2.37. The fourth-order valence-corrected chi connectivity index (χ4v) is 2.80. The van der Waals surface area contributed by atoms with E-state index < -0.39 is 29.8 Å². The Morgan fingerprint density at radius 1 is 1.52 bits per heavy atom. The van der Waals surface area contributed by atoms with Gasteiger partial charge in [-0.15, -0.1) is 0 Å². The molecule has 0 spiro atoms. The van der Waals surface area contributed by atoms with Crippen molar-refractivity contribution in [1.29, 1.82) is 0 Å². The molecule has 0 saturated carbocycles. The minimum atomic E-state index is -1.36. The number of ether oxygens (including phenoxy) is 1. The molecule has 1 N–H and O–H groups in total. The van der Waals surface area contributed by atoms with E-state index in [2.05, 4.69) is 0 Å². The van der Waals surface area contributed by atoms with Crippen LogP contribution in [0.1, 0.15) is 25.5 Å². The number of halogens is 2. The molecule has 1 aliphatic heterocycles. The Bertz CT molecular complexity index is 558. The first-order valence-electron chi connectivity index (χ1n) is 6.44. The van der Waals surface area contributed by atoms with Crippen LogP contribution in [0.15, 0.2) is 18.2 Å². The van der Waals surface area contributed by atoms with Crippen molar-refractivity contribution >= 4 is 23.5 Å². The first-order chi connectivity index (χ1) is 9.84. The van der Waals surface area contributed by atoms with Gasteiger partial charge >= 0.3 is 5.97 Å². The van der Waals surface area contributed by atoms with Crippen LogP contribution in [0, 0.1) is 5.82 Å². The van der Waals surface area contributed by atoms with Gasteiger partial charge in [-0.3, -0.25) is 4.79 Å². The van der Waals surface area contributed by atoms with Crippen molar-refractivity contribution in [3.8, 4) is 0 Å². The lowest BCUT2D eigenvalue weighted by Crippen LogP contribution is -2.54. The highest BCUT2D eigenvalue weighted by Crippen LogP contribution is 2.37. The number of carbonyl (C=O) groups excluding carboxylic acids is 1. The molecule has 7 heteroatoms. The summed E-state index contributed by atoms with van der Waals surface area (Å²) in [5.74, 6) is -2.33. The Hall–Kier alpha value is -1.66. The largest absolute Gasteiger partial charge is 0.479 e. The first-order valence-corrected chi connectivity index (χ1v) is 6.82. The number of carbonyl (C=O) groups is 2. The topological polar surface area (TPSA) is 66.8 Å². The summed E-state index contributed by atoms with van der Waals surface area (Å²) in [7, 11) is 0. The van der Waals surface area contributed by atoms with Crippen LogP contribution in [0.3, 0.4) is 0 Å². The smallest absolute Gasteiger partial charge is 0.335 e. The van der Waals surface area contributed by atoms with Crippen LogP contribution in [0.25, 0.3) is 0 Å². The summed E-state index contributed by atoms with van der Waals surface area (Å²) in [6.07, 6.45) is -1.36. The normalized spacial score (nSPS) is 22.7. The maximum atomic E-state index is 14.2. The minimum absolute atomic E-state index is 0.0340. The fraction of sp³-hybridized carbons (Fsp3) is 0.429. The molecule has 1 saturated heterocycles. The number of nitrogens with zero attached hydrogens (tertiary/aromatic N) is 1. The van der Waals surface area contributed by atoms with Crippen molar-refractivity contribution in [1.82, 2.24) is 4.90 Å². The maximum absolute atomic E-state index is 14.2. The second-order valence-corrected chi connectivity index (χ2v) is 5.45. The van der Waals surface area contributed by atoms with E-state index in [0.29, 0.717) is 0 Å². The van der Waals surface area contributed by atoms with E-state index in [1.54, 1.807) is 13.8 Å². The van der Waals surface area contributed by atoms with E-state index in [9.17, 15) is 19.1 Å². The SMILES string of the molecule is CC(C)N1C(=O)COC(C(=O)O)C1c1c(F)cccc1Cl. The Morgan fingerprint density at radius 3 is 2.71 bits per heavy atom. The van der Waals surface area contributed by atoms with Gasteiger partial charge in [0.1, 0.15) is 12.4 Å². The van der Waals surface area contributed by atoms with Crippen molar-refractivity contribution in [2.45, 2.75) is 32.0 Å². The van der Waals surface area contributed by atoms with Crippen LogP contribution >= 0.6 is 11.6 Å². The molecule has 1 fully saturated rings. The number of carboxylic acid groups (broad SMARTS) is 1. The molecule has 21 heavy (non-hydrogen) atoms. The summed E-state index contributed by atoms with van der Waals surface area (Å²) in [4.78, 5) is 24.8. The van der Waals surface area contributed by atoms with E-state index >= 15 is 0 Å². The number of hydrogen-bond acceptors (Lipinski definition) is 3. The van der Waals surface area contributed by atoms with Gasteiger partial charge in [-0.1, -0.05) is 17.7 Å². The zero-order chi connectivity index (χ0) is 15.7. The lowest BCUT2D eigenvalue weighted by molar-refractivity contribution is -0.175. The number of hydrogen-bond donors (Lipinski definition) is 1. The van der Waals surface area contributed by atoms with Gasteiger partial charge in [0.05, 0.1) is 6.04 Å². The zero-order valence-electron chi connectivity index (χ0n) is 11.5. The molecular weight excluding hydrogens is 301 g/mol. The lowest BCUT2D eigenvalue weighted by Gasteiger charge is -2.42. The minimum Gasteiger partial charge on any atom is -0.479 e. The molecule has 1 aliphatic rings. The Balaban J connectivity index is 2.60. The molecule has 2 rings (SSSR count). The molecule has 0 aliphatic carbocycles. The van der Waals surface area contributed by atoms with Gasteiger partial charge in [-0.05, 0) is 26.0 Å². The van der Waals surface area contributed by atoms with Crippen LogP contribution in [0.2, 0.25) is 5.02 Å². The van der Waals surface area contributed by atoms with E-state index in [4.69, 9.17) is 16.3 Å². The number of morpholine rings is 1. The molecule has 0 aromatic heterocycles. The third-order valence-corrected chi connectivity index (χ3v) is 3.69. The summed E-state index contributed by atoms with van der Waals surface area (Å²) >= 11 is 6.02. The van der Waals surface area contributed by atoms with Crippen LogP contribution < -0.4 is 0 Å². The molecule has 1 heterocycles. The Morgan fingerprint density at radius 2 is 2.19 bits per heavy atom. The van der Waals surface area contributed by atoms with Crippen molar-refractivity contribution in [2.24, 2.45) is 0 Å². The van der Waals surface area contributed by atoms with E-state index in [1.807, 2.05) is 0 Å². The van der Waals surface area contributed by atoms with Crippen LogP contribution in [0.4, 0.5) is 4.39 Å². The van der Waals surface area contributed by atoms with Crippen molar-refractivity contribution in [3.63, 3.8) is 0 Å². The molecule has 2 atom stereocenters. The molecule has 0 bridgehead atoms. The van der Waals surface area contributed by atoms with Gasteiger partial charge in [0.15, 0.2) is 6.10 Å². The predicted molar refractivity (Wildman–Crippen MR) is 73.5 cm³/mol. The standard InChI is InChI=1S/C14H15ClFNO4/c1-7(2)17-10(18)6-21-13(14(19)20)12(17)11-8(15)4-3-5-9(11)16/h3-5,7,12-13H,6H2,1-2H3,(H,19,20). The zero-order valence-corrected chi connectivity index (χ0v) is 12.3. The molecule has 114 valence electrons. The Kier molecular flexibility index (Phi) is 4.49. The molecular formula is C14H15ClFNO4. The molecule has 1 aromatic carbocycles. The molecule has 1 aromatic rings. The highest BCUT2D eigenvalue weighted by Gasteiger charge is 2.44. The third-order valence-electron chi connectivity index (χ3n) is 3.36. The van der Waals surface area contributed by atoms with Crippen LogP contribution in [-0.2, 0) is 14.3 Å². The summed E-state index contributed by atoms with van der Waals surface area (Å²) in [5, 5.41) is 9.37. The lowest BCUT2D eigenvalue weighted by atomic mass is 9.95. The highest BCUT2D eigenvalue weighted by atomic mass is 35.5. The summed E-state index contributed by atoms with van der Waals surface area (Å²) in [5.41, 5.74) is -0.0340. The molecule has 0 radical (unpaired) electrons. The van der Waals surface area contributed by atoms with Gasteiger partial charge in [-0.2, -0.15) is 0 Å². The maximum Gasteiger partial charge on any atom is 0.335 e. The number of carboxylic acids is 1. The van der Waals surface area contributed by atoms with E-state index in [1.165, 1.54) is 23.1 Å². The second-order valence-electron chi connectivity index (χ2n) is 5.04. The molecule has 1 amide bonds. The third kappa shape index (κ3) is 2.87. The summed E-state index contributed by atoms with van der Waals surface area (Å²) < 4.78 is 19.3. The summed E-state index contributed by atoms with van der Waals surface area (Å²) in [6, 6.07) is 2.64. The van der Waals surface area contributed by atoms with Gasteiger partial charge in [-0.25, -0.2) is 9.18 Å². The van der Waals surface area contributed by atoms with Crippen LogP contribution in [-0.4, -0.2) is 40.6 Å². The van der Waals surface area contributed by atoms with Gasteiger partial charge < -0.3 is 14.7 Å². The average molecular weight is 316 g/mol.